The van der Waals surface area contributed by atoms with E-state index in [1.54, 1.807) is 18.2 Å². The van der Waals surface area contributed by atoms with E-state index in [1.165, 1.54) is 0 Å². The molecule has 3 nitrogen and oxygen atoms in total. The molecule has 0 aromatic heterocycles. The van der Waals surface area contributed by atoms with Gasteiger partial charge in [-0.05, 0) is 104 Å². The lowest BCUT2D eigenvalue weighted by Gasteiger charge is -2.28. The first-order valence-electron chi connectivity index (χ1n) is 9.52. The Hall–Kier alpha value is -2.94. The molecule has 0 saturated carbocycles. The minimum absolute atomic E-state index is 0.209. The molecule has 0 saturated heterocycles. The van der Waals surface area contributed by atoms with Crippen LogP contribution in [0.4, 0.5) is 0 Å². The number of rotatable bonds is 3. The van der Waals surface area contributed by atoms with E-state index in [-0.39, 0.29) is 23.2 Å². The first kappa shape index (κ1) is 19.8. The molecule has 0 aliphatic rings. The molecule has 0 fully saturated rings. The molecule has 146 valence electrons. The first-order chi connectivity index (χ1) is 13.1. The van der Waals surface area contributed by atoms with Gasteiger partial charge in [0.2, 0.25) is 0 Å². The van der Waals surface area contributed by atoms with Crippen molar-refractivity contribution in [3.05, 3.63) is 86.5 Å². The third-order valence-corrected chi connectivity index (χ3v) is 6.08. The van der Waals surface area contributed by atoms with Gasteiger partial charge in [-0.3, -0.25) is 0 Å². The summed E-state index contributed by atoms with van der Waals surface area (Å²) < 4.78 is 0. The molecule has 3 rings (SSSR count). The number of phenols is 3. The summed E-state index contributed by atoms with van der Waals surface area (Å²) in [5, 5.41) is 31.3. The van der Waals surface area contributed by atoms with Gasteiger partial charge < -0.3 is 15.3 Å². The quantitative estimate of drug-likeness (QED) is 0.504. The van der Waals surface area contributed by atoms with Gasteiger partial charge in [-0.2, -0.15) is 0 Å². The molecule has 0 heterocycles. The van der Waals surface area contributed by atoms with Crippen LogP contribution in [0, 0.1) is 41.5 Å². The van der Waals surface area contributed by atoms with Crippen molar-refractivity contribution in [2.75, 3.05) is 0 Å². The molecule has 0 amide bonds. The van der Waals surface area contributed by atoms with Crippen molar-refractivity contribution in [1.82, 2.24) is 0 Å². The maximum Gasteiger partial charge on any atom is 0.119 e. The topological polar surface area (TPSA) is 60.7 Å². The second kappa shape index (κ2) is 7.23. The zero-order valence-corrected chi connectivity index (χ0v) is 17.4. The second-order valence-corrected chi connectivity index (χ2v) is 7.74. The summed E-state index contributed by atoms with van der Waals surface area (Å²) in [6.45, 7) is 11.8. The van der Waals surface area contributed by atoms with E-state index >= 15 is 0 Å². The van der Waals surface area contributed by atoms with Crippen molar-refractivity contribution < 1.29 is 15.3 Å². The molecule has 0 atom stereocenters. The number of hydrogen-bond donors (Lipinski definition) is 3. The maximum atomic E-state index is 10.7. The van der Waals surface area contributed by atoms with Crippen LogP contribution in [0.2, 0.25) is 0 Å². The van der Waals surface area contributed by atoms with Crippen molar-refractivity contribution in [3.8, 4) is 17.2 Å². The van der Waals surface area contributed by atoms with Crippen molar-refractivity contribution in [2.45, 2.75) is 47.5 Å². The van der Waals surface area contributed by atoms with Gasteiger partial charge in [0.25, 0.3) is 0 Å². The Bertz CT molecular complexity index is 1000. The zero-order valence-electron chi connectivity index (χ0n) is 17.4. The van der Waals surface area contributed by atoms with Crippen molar-refractivity contribution in [3.63, 3.8) is 0 Å². The van der Waals surface area contributed by atoms with Gasteiger partial charge in [0.1, 0.15) is 17.2 Å². The Balaban J connectivity index is 2.46. The van der Waals surface area contributed by atoms with E-state index < -0.39 is 0 Å². The Morgan fingerprint density at radius 2 is 1.00 bits per heavy atom. The lowest BCUT2D eigenvalue weighted by Crippen LogP contribution is -2.12. The summed E-state index contributed by atoms with van der Waals surface area (Å²) in [6, 6.07) is 11.0. The van der Waals surface area contributed by atoms with E-state index in [2.05, 4.69) is 0 Å². The Morgan fingerprint density at radius 3 is 1.43 bits per heavy atom. The van der Waals surface area contributed by atoms with Crippen LogP contribution in [-0.4, -0.2) is 15.3 Å². The number of benzene rings is 3. The minimum atomic E-state index is -0.209. The van der Waals surface area contributed by atoms with E-state index in [4.69, 9.17) is 0 Å². The van der Waals surface area contributed by atoms with Crippen LogP contribution in [0.5, 0.6) is 17.2 Å². The summed E-state index contributed by atoms with van der Waals surface area (Å²) in [5.74, 6) is 0.594. The summed E-state index contributed by atoms with van der Waals surface area (Å²) >= 11 is 0. The minimum Gasteiger partial charge on any atom is -0.508 e. The highest BCUT2D eigenvalue weighted by Crippen LogP contribution is 2.45. The van der Waals surface area contributed by atoms with Gasteiger partial charge in [-0.15, -0.1) is 0 Å². The third-order valence-electron chi connectivity index (χ3n) is 6.08. The molecule has 3 N–H and O–H groups in total. The molecule has 0 spiro atoms. The average Bonchev–Trinajstić information content (AvgIpc) is 2.64. The Labute approximate surface area is 166 Å². The fraction of sp³-hybridized carbons (Fsp3) is 0.280. The van der Waals surface area contributed by atoms with Crippen LogP contribution in [-0.2, 0) is 0 Å². The largest absolute Gasteiger partial charge is 0.508 e. The van der Waals surface area contributed by atoms with Gasteiger partial charge in [0, 0.05) is 11.5 Å². The Morgan fingerprint density at radius 1 is 0.571 bits per heavy atom. The number of aryl methyl sites for hydroxylation is 2. The molecule has 0 unspecified atom stereocenters. The zero-order chi connectivity index (χ0) is 20.7. The van der Waals surface area contributed by atoms with Crippen molar-refractivity contribution in [1.29, 1.82) is 0 Å². The highest BCUT2D eigenvalue weighted by molar-refractivity contribution is 5.61. The molecular formula is C25H28O3. The predicted molar refractivity (Wildman–Crippen MR) is 114 cm³/mol. The van der Waals surface area contributed by atoms with Crippen molar-refractivity contribution in [2.24, 2.45) is 0 Å². The molecular weight excluding hydrogens is 348 g/mol. The van der Waals surface area contributed by atoms with Gasteiger partial charge >= 0.3 is 0 Å². The average molecular weight is 376 g/mol. The lowest BCUT2D eigenvalue weighted by molar-refractivity contribution is 0.465. The standard InChI is InChI=1S/C25H28O3/c1-13-11-21(27)15(3)17(5)23(13)25(19-9-7-8-10-20(19)26)24-14(2)12-22(28)16(4)18(24)6/h7-12,25-28H,1-6H3. The van der Waals surface area contributed by atoms with Crippen molar-refractivity contribution >= 4 is 0 Å². The van der Waals surface area contributed by atoms with Gasteiger partial charge in [0.05, 0.1) is 0 Å². The normalized spacial score (nSPS) is 11.2. The van der Waals surface area contributed by atoms with E-state index in [0.29, 0.717) is 0 Å². The van der Waals surface area contributed by atoms with E-state index in [1.807, 2.05) is 59.7 Å². The smallest absolute Gasteiger partial charge is 0.119 e. The summed E-state index contributed by atoms with van der Waals surface area (Å²) in [5.41, 5.74) is 8.61. The van der Waals surface area contributed by atoms with Crippen LogP contribution in [0.25, 0.3) is 0 Å². The van der Waals surface area contributed by atoms with Gasteiger partial charge in [-0.25, -0.2) is 0 Å². The van der Waals surface area contributed by atoms with Crippen LogP contribution < -0.4 is 0 Å². The second-order valence-electron chi connectivity index (χ2n) is 7.74. The highest BCUT2D eigenvalue weighted by Gasteiger charge is 2.28. The highest BCUT2D eigenvalue weighted by atomic mass is 16.3. The number of phenolic OH excluding ortho intramolecular Hbond substituents is 3. The number of aromatic hydroxyl groups is 3. The summed E-state index contributed by atoms with van der Waals surface area (Å²) in [6.07, 6.45) is 0. The summed E-state index contributed by atoms with van der Waals surface area (Å²) in [4.78, 5) is 0. The monoisotopic (exact) mass is 376 g/mol. The lowest BCUT2D eigenvalue weighted by atomic mass is 9.75. The van der Waals surface area contributed by atoms with E-state index in [0.717, 1.165) is 50.1 Å². The SMILES string of the molecule is Cc1cc(O)c(C)c(C)c1C(c1ccccc1O)c1c(C)cc(O)c(C)c1C. The Kier molecular flexibility index (Phi) is 5.12. The number of hydrogen-bond acceptors (Lipinski definition) is 3. The van der Waals surface area contributed by atoms with Gasteiger partial charge in [0.15, 0.2) is 0 Å². The fourth-order valence-electron chi connectivity index (χ4n) is 4.24. The van der Waals surface area contributed by atoms with Crippen LogP contribution in [0.1, 0.15) is 56.0 Å². The fourth-order valence-corrected chi connectivity index (χ4v) is 4.24. The summed E-state index contributed by atoms with van der Waals surface area (Å²) in [7, 11) is 0. The predicted octanol–water partition coefficient (Wildman–Crippen LogP) is 5.83. The van der Waals surface area contributed by atoms with Crippen LogP contribution >= 0.6 is 0 Å². The molecule has 3 aromatic carbocycles. The first-order valence-corrected chi connectivity index (χ1v) is 9.52. The molecule has 0 aliphatic heterocycles. The molecule has 3 aromatic rings. The number of para-hydroxylation sites is 1. The third kappa shape index (κ3) is 3.11. The van der Waals surface area contributed by atoms with E-state index in [9.17, 15) is 15.3 Å². The van der Waals surface area contributed by atoms with Crippen LogP contribution in [0.3, 0.4) is 0 Å². The van der Waals surface area contributed by atoms with Crippen LogP contribution in [0.15, 0.2) is 36.4 Å². The molecule has 3 heteroatoms. The maximum absolute atomic E-state index is 10.7. The molecule has 0 bridgehead atoms. The molecule has 0 aliphatic carbocycles. The molecule has 28 heavy (non-hydrogen) atoms. The van der Waals surface area contributed by atoms with Gasteiger partial charge in [-0.1, -0.05) is 18.2 Å². The molecule has 0 radical (unpaired) electrons.